The summed E-state index contributed by atoms with van der Waals surface area (Å²) >= 11 is 0. The minimum atomic E-state index is 0.0644. The first kappa shape index (κ1) is 17.0. The number of carbonyl (C=O) groups is 1. The molecule has 0 fully saturated rings. The van der Waals surface area contributed by atoms with Crippen LogP contribution < -0.4 is 5.32 Å². The minimum absolute atomic E-state index is 0.0644. The summed E-state index contributed by atoms with van der Waals surface area (Å²) < 4.78 is 1.95. The third-order valence-electron chi connectivity index (χ3n) is 4.32. The van der Waals surface area contributed by atoms with Crippen molar-refractivity contribution in [3.63, 3.8) is 0 Å². The van der Waals surface area contributed by atoms with E-state index < -0.39 is 0 Å². The maximum atomic E-state index is 12.5. The van der Waals surface area contributed by atoms with Crippen molar-refractivity contribution in [2.24, 2.45) is 0 Å². The third kappa shape index (κ3) is 4.80. The van der Waals surface area contributed by atoms with Gasteiger partial charge in [0.2, 0.25) is 5.91 Å². The molecule has 3 rings (SSSR count). The fourth-order valence-electron chi connectivity index (χ4n) is 2.91. The van der Waals surface area contributed by atoms with E-state index in [0.29, 0.717) is 13.0 Å². The van der Waals surface area contributed by atoms with Gasteiger partial charge in [0.05, 0.1) is 6.33 Å². The predicted molar refractivity (Wildman–Crippen MR) is 99.3 cm³/mol. The molecule has 128 valence electrons. The van der Waals surface area contributed by atoms with Crippen LogP contribution in [0, 0.1) is 6.92 Å². The molecule has 1 heterocycles. The van der Waals surface area contributed by atoms with Crippen LogP contribution in [0.15, 0.2) is 73.3 Å². The summed E-state index contributed by atoms with van der Waals surface area (Å²) in [4.78, 5) is 16.5. The first-order valence-corrected chi connectivity index (χ1v) is 8.56. The number of hydrogen-bond donors (Lipinski definition) is 1. The SMILES string of the molecule is Cc1ccc([C@H](CC(=O)NCCn2ccnc2)c2ccccc2)cc1. The van der Waals surface area contributed by atoms with E-state index in [-0.39, 0.29) is 11.8 Å². The van der Waals surface area contributed by atoms with Gasteiger partial charge in [0, 0.05) is 37.8 Å². The van der Waals surface area contributed by atoms with E-state index in [1.54, 1.807) is 12.5 Å². The molecule has 1 aromatic heterocycles. The Kier molecular flexibility index (Phi) is 5.62. The van der Waals surface area contributed by atoms with Crippen molar-refractivity contribution in [3.05, 3.63) is 90.0 Å². The summed E-state index contributed by atoms with van der Waals surface area (Å²) in [7, 11) is 0. The monoisotopic (exact) mass is 333 g/mol. The summed E-state index contributed by atoms with van der Waals surface area (Å²) in [5.74, 6) is 0.129. The van der Waals surface area contributed by atoms with Gasteiger partial charge in [0.25, 0.3) is 0 Å². The van der Waals surface area contributed by atoms with Crippen LogP contribution in [0.2, 0.25) is 0 Å². The van der Waals surface area contributed by atoms with E-state index in [4.69, 9.17) is 0 Å². The van der Waals surface area contributed by atoms with Crippen LogP contribution in [-0.2, 0) is 11.3 Å². The number of amides is 1. The van der Waals surface area contributed by atoms with Gasteiger partial charge in [-0.15, -0.1) is 0 Å². The number of hydrogen-bond acceptors (Lipinski definition) is 2. The Hall–Kier alpha value is -2.88. The number of aryl methyl sites for hydroxylation is 1. The molecule has 0 aliphatic heterocycles. The molecule has 1 N–H and O–H groups in total. The summed E-state index contributed by atoms with van der Waals surface area (Å²) in [6.45, 7) is 3.40. The molecular weight excluding hydrogens is 310 g/mol. The van der Waals surface area contributed by atoms with E-state index in [1.807, 2.05) is 29.0 Å². The molecule has 1 atom stereocenters. The molecule has 0 saturated heterocycles. The maximum absolute atomic E-state index is 12.5. The van der Waals surface area contributed by atoms with Crippen molar-refractivity contribution < 1.29 is 4.79 Å². The van der Waals surface area contributed by atoms with E-state index in [9.17, 15) is 4.79 Å². The van der Waals surface area contributed by atoms with Crippen LogP contribution in [-0.4, -0.2) is 22.0 Å². The van der Waals surface area contributed by atoms with Crippen LogP contribution in [0.4, 0.5) is 0 Å². The Morgan fingerprint density at radius 1 is 1.08 bits per heavy atom. The van der Waals surface area contributed by atoms with Gasteiger partial charge in [-0.25, -0.2) is 4.98 Å². The molecule has 0 aliphatic carbocycles. The lowest BCUT2D eigenvalue weighted by Crippen LogP contribution is -2.28. The van der Waals surface area contributed by atoms with Crippen LogP contribution in [0.25, 0.3) is 0 Å². The van der Waals surface area contributed by atoms with Crippen molar-refractivity contribution in [1.29, 1.82) is 0 Å². The fourth-order valence-corrected chi connectivity index (χ4v) is 2.91. The molecule has 4 nitrogen and oxygen atoms in total. The second kappa shape index (κ2) is 8.29. The zero-order valence-corrected chi connectivity index (χ0v) is 14.4. The van der Waals surface area contributed by atoms with Gasteiger partial charge in [0.15, 0.2) is 0 Å². The second-order valence-corrected chi connectivity index (χ2v) is 6.23. The number of benzene rings is 2. The maximum Gasteiger partial charge on any atom is 0.221 e. The second-order valence-electron chi connectivity index (χ2n) is 6.23. The topological polar surface area (TPSA) is 46.9 Å². The van der Waals surface area contributed by atoms with Crippen molar-refractivity contribution in [2.75, 3.05) is 6.54 Å². The zero-order valence-electron chi connectivity index (χ0n) is 14.4. The van der Waals surface area contributed by atoms with E-state index in [2.05, 4.69) is 53.6 Å². The quantitative estimate of drug-likeness (QED) is 0.719. The van der Waals surface area contributed by atoms with Gasteiger partial charge in [-0.1, -0.05) is 60.2 Å². The van der Waals surface area contributed by atoms with Crippen LogP contribution in [0.3, 0.4) is 0 Å². The first-order chi connectivity index (χ1) is 12.2. The number of nitrogens with zero attached hydrogens (tertiary/aromatic N) is 2. The van der Waals surface area contributed by atoms with Crippen molar-refractivity contribution >= 4 is 5.91 Å². The van der Waals surface area contributed by atoms with Crippen molar-refractivity contribution in [2.45, 2.75) is 25.8 Å². The highest BCUT2D eigenvalue weighted by Crippen LogP contribution is 2.28. The molecule has 0 unspecified atom stereocenters. The minimum Gasteiger partial charge on any atom is -0.354 e. The molecule has 0 spiro atoms. The average molecular weight is 333 g/mol. The van der Waals surface area contributed by atoms with Crippen molar-refractivity contribution in [3.8, 4) is 0 Å². The largest absolute Gasteiger partial charge is 0.354 e. The Labute approximate surface area is 148 Å². The number of rotatable bonds is 7. The molecule has 0 aliphatic rings. The van der Waals surface area contributed by atoms with Crippen LogP contribution >= 0.6 is 0 Å². The molecule has 2 aromatic carbocycles. The number of carbonyl (C=O) groups excluding carboxylic acids is 1. The molecular formula is C21H23N3O. The van der Waals surface area contributed by atoms with Gasteiger partial charge in [-0.05, 0) is 18.1 Å². The molecule has 0 saturated carbocycles. The Morgan fingerprint density at radius 2 is 1.80 bits per heavy atom. The third-order valence-corrected chi connectivity index (χ3v) is 4.32. The van der Waals surface area contributed by atoms with Gasteiger partial charge in [-0.3, -0.25) is 4.79 Å². The number of aromatic nitrogens is 2. The predicted octanol–water partition coefficient (Wildman–Crippen LogP) is 3.53. The highest BCUT2D eigenvalue weighted by atomic mass is 16.1. The van der Waals surface area contributed by atoms with Crippen LogP contribution in [0.5, 0.6) is 0 Å². The number of imidazole rings is 1. The lowest BCUT2D eigenvalue weighted by molar-refractivity contribution is -0.121. The van der Waals surface area contributed by atoms with E-state index in [1.165, 1.54) is 11.1 Å². The average Bonchev–Trinajstić information content (AvgIpc) is 3.15. The molecule has 3 aromatic rings. The van der Waals surface area contributed by atoms with Gasteiger partial charge in [-0.2, -0.15) is 0 Å². The highest BCUT2D eigenvalue weighted by molar-refractivity contribution is 5.77. The standard InChI is InChI=1S/C21H23N3O/c1-17-7-9-19(10-8-17)20(18-5-3-2-4-6-18)15-21(25)23-12-14-24-13-11-22-16-24/h2-11,13,16,20H,12,14-15H2,1H3,(H,23,25)/t20-/m1/s1. The van der Waals surface area contributed by atoms with Crippen molar-refractivity contribution in [1.82, 2.24) is 14.9 Å². The van der Waals surface area contributed by atoms with E-state index >= 15 is 0 Å². The Bertz CT molecular complexity index is 780. The lowest BCUT2D eigenvalue weighted by Gasteiger charge is -2.18. The molecule has 4 heteroatoms. The lowest BCUT2D eigenvalue weighted by atomic mass is 9.88. The summed E-state index contributed by atoms with van der Waals surface area (Å²) in [6.07, 6.45) is 5.83. The van der Waals surface area contributed by atoms with Gasteiger partial charge in [0.1, 0.15) is 0 Å². The first-order valence-electron chi connectivity index (χ1n) is 8.56. The number of nitrogens with one attached hydrogen (secondary N) is 1. The summed E-state index contributed by atoms with van der Waals surface area (Å²) in [6, 6.07) is 18.6. The van der Waals surface area contributed by atoms with E-state index in [0.717, 1.165) is 12.1 Å². The fraction of sp³-hybridized carbons (Fsp3) is 0.238. The van der Waals surface area contributed by atoms with Gasteiger partial charge >= 0.3 is 0 Å². The van der Waals surface area contributed by atoms with Gasteiger partial charge < -0.3 is 9.88 Å². The molecule has 25 heavy (non-hydrogen) atoms. The summed E-state index contributed by atoms with van der Waals surface area (Å²) in [5.41, 5.74) is 3.55. The highest BCUT2D eigenvalue weighted by Gasteiger charge is 2.17. The van der Waals surface area contributed by atoms with Crippen LogP contribution in [0.1, 0.15) is 29.0 Å². The Morgan fingerprint density at radius 3 is 2.48 bits per heavy atom. The molecule has 0 bridgehead atoms. The molecule has 1 amide bonds. The normalized spacial score (nSPS) is 11.9. The summed E-state index contributed by atoms with van der Waals surface area (Å²) in [5, 5.41) is 3.01. The smallest absolute Gasteiger partial charge is 0.221 e. The molecule has 0 radical (unpaired) electrons. The Balaban J connectivity index is 1.67. The zero-order chi connectivity index (χ0) is 17.5.